The standard InChI is InChI=1S/C20H21NO4/c1-12(22)14-9-10-16-15(11-14)17(18(23)20(2,3)25-16)21-19(24)13-7-5-4-6-8-13/h4-11,17-18,23H,1-3H3,(H,21,24)/t17-,18-/m0/s1. The maximum Gasteiger partial charge on any atom is 0.251 e. The molecular formula is C20H21NO4. The molecule has 1 heterocycles. The highest BCUT2D eigenvalue weighted by Gasteiger charge is 2.43. The second-order valence-corrected chi connectivity index (χ2v) is 6.78. The molecule has 0 saturated heterocycles. The van der Waals surface area contributed by atoms with Crippen molar-refractivity contribution in [3.8, 4) is 5.75 Å². The van der Waals surface area contributed by atoms with Crippen LogP contribution in [0, 0.1) is 0 Å². The summed E-state index contributed by atoms with van der Waals surface area (Å²) in [6.45, 7) is 5.01. The molecule has 0 saturated carbocycles. The van der Waals surface area contributed by atoms with Crippen molar-refractivity contribution < 1.29 is 19.4 Å². The monoisotopic (exact) mass is 339 g/mol. The third-order valence-electron chi connectivity index (χ3n) is 4.47. The van der Waals surface area contributed by atoms with Crippen molar-refractivity contribution in [1.29, 1.82) is 0 Å². The van der Waals surface area contributed by atoms with E-state index in [1.807, 2.05) is 6.07 Å². The van der Waals surface area contributed by atoms with Gasteiger partial charge in [-0.05, 0) is 51.1 Å². The molecule has 130 valence electrons. The number of amides is 1. The average molecular weight is 339 g/mol. The third kappa shape index (κ3) is 3.28. The Kier molecular flexibility index (Phi) is 4.35. The van der Waals surface area contributed by atoms with Crippen LogP contribution in [-0.4, -0.2) is 28.5 Å². The number of aliphatic hydroxyl groups excluding tert-OH is 1. The van der Waals surface area contributed by atoms with Crippen LogP contribution in [0.4, 0.5) is 0 Å². The number of hydrogen-bond acceptors (Lipinski definition) is 4. The van der Waals surface area contributed by atoms with Crippen LogP contribution in [0.5, 0.6) is 5.75 Å². The highest BCUT2D eigenvalue weighted by atomic mass is 16.5. The summed E-state index contributed by atoms with van der Waals surface area (Å²) in [5.41, 5.74) is 0.736. The van der Waals surface area contributed by atoms with Crippen LogP contribution in [-0.2, 0) is 0 Å². The molecule has 0 spiro atoms. The number of ketones is 1. The zero-order chi connectivity index (χ0) is 18.2. The molecule has 0 fully saturated rings. The molecule has 1 amide bonds. The van der Waals surface area contributed by atoms with Crippen LogP contribution in [0.1, 0.15) is 53.1 Å². The van der Waals surface area contributed by atoms with Crippen LogP contribution in [0.15, 0.2) is 48.5 Å². The average Bonchev–Trinajstić information content (AvgIpc) is 2.59. The Labute approximate surface area is 146 Å². The van der Waals surface area contributed by atoms with Crippen LogP contribution < -0.4 is 10.1 Å². The van der Waals surface area contributed by atoms with Crippen LogP contribution in [0.25, 0.3) is 0 Å². The molecule has 0 unspecified atom stereocenters. The van der Waals surface area contributed by atoms with Crippen LogP contribution in [0.2, 0.25) is 0 Å². The predicted octanol–water partition coefficient (Wildman–Crippen LogP) is 2.89. The second kappa shape index (κ2) is 6.33. The van der Waals surface area contributed by atoms with Crippen LogP contribution in [0.3, 0.4) is 0 Å². The topological polar surface area (TPSA) is 75.6 Å². The number of carbonyl (C=O) groups excluding carboxylic acids is 2. The zero-order valence-electron chi connectivity index (χ0n) is 14.4. The van der Waals surface area contributed by atoms with Gasteiger partial charge in [0.05, 0.1) is 6.04 Å². The fourth-order valence-corrected chi connectivity index (χ4v) is 2.99. The Morgan fingerprint density at radius 1 is 1.08 bits per heavy atom. The van der Waals surface area contributed by atoms with Gasteiger partial charge in [0.25, 0.3) is 5.91 Å². The van der Waals surface area contributed by atoms with E-state index in [9.17, 15) is 14.7 Å². The van der Waals surface area contributed by atoms with Crippen LogP contribution >= 0.6 is 0 Å². The third-order valence-corrected chi connectivity index (χ3v) is 4.47. The predicted molar refractivity (Wildman–Crippen MR) is 93.8 cm³/mol. The first-order chi connectivity index (χ1) is 11.8. The highest BCUT2D eigenvalue weighted by Crippen LogP contribution is 2.40. The molecule has 5 nitrogen and oxygen atoms in total. The van der Waals surface area contributed by atoms with Crippen molar-refractivity contribution >= 4 is 11.7 Å². The summed E-state index contributed by atoms with van der Waals surface area (Å²) in [5, 5.41) is 13.6. The van der Waals surface area contributed by atoms with E-state index in [1.54, 1.807) is 56.3 Å². The molecule has 3 rings (SSSR count). The number of hydrogen-bond donors (Lipinski definition) is 2. The molecule has 0 bridgehead atoms. The summed E-state index contributed by atoms with van der Waals surface area (Å²) in [4.78, 5) is 24.3. The van der Waals surface area contributed by atoms with Gasteiger partial charge in [-0.2, -0.15) is 0 Å². The van der Waals surface area contributed by atoms with E-state index >= 15 is 0 Å². The smallest absolute Gasteiger partial charge is 0.251 e. The summed E-state index contributed by atoms with van der Waals surface area (Å²) in [7, 11) is 0. The number of benzene rings is 2. The molecule has 0 radical (unpaired) electrons. The van der Waals surface area contributed by atoms with Gasteiger partial charge in [-0.3, -0.25) is 9.59 Å². The highest BCUT2D eigenvalue weighted by molar-refractivity contribution is 5.95. The van der Waals surface area contributed by atoms with Gasteiger partial charge in [0, 0.05) is 16.7 Å². The Morgan fingerprint density at radius 3 is 2.40 bits per heavy atom. The lowest BCUT2D eigenvalue weighted by Crippen LogP contribution is -2.53. The molecule has 5 heteroatoms. The fraction of sp³-hybridized carbons (Fsp3) is 0.300. The van der Waals surface area contributed by atoms with Crippen molar-refractivity contribution in [2.45, 2.75) is 38.5 Å². The van der Waals surface area contributed by atoms with Gasteiger partial charge in [-0.15, -0.1) is 0 Å². The number of aliphatic hydroxyl groups is 1. The van der Waals surface area contributed by atoms with E-state index in [2.05, 4.69) is 5.32 Å². The van der Waals surface area contributed by atoms with E-state index in [4.69, 9.17) is 4.74 Å². The number of Topliss-reactive ketones (excluding diaryl/α,β-unsaturated/α-hetero) is 1. The number of ether oxygens (including phenoxy) is 1. The molecule has 1 aliphatic rings. The number of fused-ring (bicyclic) bond motifs is 1. The van der Waals surface area contributed by atoms with Gasteiger partial charge in [-0.25, -0.2) is 0 Å². The molecule has 2 atom stereocenters. The number of nitrogens with one attached hydrogen (secondary N) is 1. The van der Waals surface area contributed by atoms with E-state index in [-0.39, 0.29) is 11.7 Å². The van der Waals surface area contributed by atoms with E-state index in [0.717, 1.165) is 0 Å². The molecule has 1 aliphatic heterocycles. The first-order valence-electron chi connectivity index (χ1n) is 8.17. The van der Waals surface area contributed by atoms with Crippen molar-refractivity contribution in [2.75, 3.05) is 0 Å². The normalized spacial score (nSPS) is 21.0. The van der Waals surface area contributed by atoms with Gasteiger partial charge >= 0.3 is 0 Å². The minimum atomic E-state index is -0.963. The van der Waals surface area contributed by atoms with Crippen molar-refractivity contribution in [3.63, 3.8) is 0 Å². The maximum absolute atomic E-state index is 12.6. The summed E-state index contributed by atoms with van der Waals surface area (Å²) in [6.07, 6.45) is -0.963. The van der Waals surface area contributed by atoms with Gasteiger partial charge in [0.2, 0.25) is 0 Å². The summed E-state index contributed by atoms with van der Waals surface area (Å²) >= 11 is 0. The molecule has 2 aromatic carbocycles. The maximum atomic E-state index is 12.6. The lowest BCUT2D eigenvalue weighted by atomic mass is 9.85. The minimum Gasteiger partial charge on any atom is -0.485 e. The molecule has 2 N–H and O–H groups in total. The van der Waals surface area contributed by atoms with Gasteiger partial charge in [0.15, 0.2) is 5.78 Å². The van der Waals surface area contributed by atoms with Crippen molar-refractivity contribution in [1.82, 2.24) is 5.32 Å². The second-order valence-electron chi connectivity index (χ2n) is 6.78. The largest absolute Gasteiger partial charge is 0.485 e. The Hall–Kier alpha value is -2.66. The number of carbonyl (C=O) groups is 2. The SMILES string of the molecule is CC(=O)c1ccc2c(c1)[C@H](NC(=O)c1ccccc1)[C@H](O)C(C)(C)O2. The van der Waals surface area contributed by atoms with Gasteiger partial charge in [0.1, 0.15) is 17.5 Å². The molecule has 2 aromatic rings. The van der Waals surface area contributed by atoms with E-state index < -0.39 is 17.7 Å². The number of rotatable bonds is 3. The quantitative estimate of drug-likeness (QED) is 0.843. The Morgan fingerprint density at radius 2 is 1.76 bits per heavy atom. The van der Waals surface area contributed by atoms with Crippen molar-refractivity contribution in [2.24, 2.45) is 0 Å². The first kappa shape index (κ1) is 17.2. The van der Waals surface area contributed by atoms with Crippen molar-refractivity contribution in [3.05, 3.63) is 65.2 Å². The zero-order valence-corrected chi connectivity index (χ0v) is 14.4. The molecule has 0 aromatic heterocycles. The molecule has 0 aliphatic carbocycles. The summed E-state index contributed by atoms with van der Waals surface area (Å²) in [5.74, 6) is 0.176. The minimum absolute atomic E-state index is 0.0877. The Bertz CT molecular complexity index is 814. The van der Waals surface area contributed by atoms with Gasteiger partial charge < -0.3 is 15.2 Å². The molecular weight excluding hydrogens is 318 g/mol. The summed E-state index contributed by atoms with van der Waals surface area (Å²) in [6, 6.07) is 13.2. The lowest BCUT2D eigenvalue weighted by molar-refractivity contribution is -0.0627. The lowest BCUT2D eigenvalue weighted by Gasteiger charge is -2.42. The molecule has 25 heavy (non-hydrogen) atoms. The Balaban J connectivity index is 2.00. The first-order valence-corrected chi connectivity index (χ1v) is 8.17. The van der Waals surface area contributed by atoms with E-state index in [0.29, 0.717) is 22.4 Å². The summed E-state index contributed by atoms with van der Waals surface area (Å²) < 4.78 is 5.87. The fourth-order valence-electron chi connectivity index (χ4n) is 2.99. The van der Waals surface area contributed by atoms with E-state index in [1.165, 1.54) is 6.92 Å². The van der Waals surface area contributed by atoms with Gasteiger partial charge in [-0.1, -0.05) is 18.2 Å².